The van der Waals surface area contributed by atoms with Crippen LogP contribution in [0.1, 0.15) is 37.9 Å². The fraction of sp³-hybridized carbons (Fsp3) is 0.545. The number of aryl methyl sites for hydroxylation is 1. The molecule has 0 atom stereocenters. The molecule has 0 amide bonds. The first-order chi connectivity index (χ1) is 6.59. The van der Waals surface area contributed by atoms with Crippen molar-refractivity contribution in [1.29, 1.82) is 0 Å². The second-order valence-electron chi connectivity index (χ2n) is 3.65. The molecule has 0 bridgehead atoms. The Morgan fingerprint density at radius 3 is 2.50 bits per heavy atom. The van der Waals surface area contributed by atoms with E-state index in [2.05, 4.69) is 0 Å². The van der Waals surface area contributed by atoms with Crippen LogP contribution in [0.3, 0.4) is 0 Å². The number of aromatic nitrogens is 1. The van der Waals surface area contributed by atoms with Gasteiger partial charge in [0, 0.05) is 24.5 Å². The molecule has 14 heavy (non-hydrogen) atoms. The van der Waals surface area contributed by atoms with E-state index >= 15 is 0 Å². The standard InChI is InChI=1S/C11H17N2O/c1-4-11(12,5-2)10-9(8-14)6-7-13(10)3/h6-7H,4-5,12H2,1-3H3. The topological polar surface area (TPSA) is 48.0 Å². The minimum atomic E-state index is -0.412. The van der Waals surface area contributed by atoms with E-state index in [9.17, 15) is 4.79 Å². The van der Waals surface area contributed by atoms with Crippen LogP contribution in [0.4, 0.5) is 0 Å². The third-order valence-electron chi connectivity index (χ3n) is 2.92. The summed E-state index contributed by atoms with van der Waals surface area (Å²) in [7, 11) is 1.91. The maximum absolute atomic E-state index is 10.7. The predicted octanol–water partition coefficient (Wildman–Crippen LogP) is 1.46. The second kappa shape index (κ2) is 3.96. The first-order valence-corrected chi connectivity index (χ1v) is 4.92. The van der Waals surface area contributed by atoms with Gasteiger partial charge in [0.1, 0.15) is 0 Å². The summed E-state index contributed by atoms with van der Waals surface area (Å²) in [6, 6.07) is 1.76. The molecule has 0 aromatic carbocycles. The lowest BCUT2D eigenvalue weighted by Gasteiger charge is -2.28. The Hall–Kier alpha value is -1.09. The molecule has 77 valence electrons. The number of rotatable bonds is 4. The average Bonchev–Trinajstić information content (AvgIpc) is 2.59. The van der Waals surface area contributed by atoms with Gasteiger partial charge in [-0.3, -0.25) is 4.79 Å². The molecule has 0 saturated carbocycles. The fourth-order valence-electron chi connectivity index (χ4n) is 1.82. The van der Waals surface area contributed by atoms with Gasteiger partial charge < -0.3 is 10.3 Å². The molecule has 0 aliphatic rings. The molecule has 0 spiro atoms. The molecule has 0 fully saturated rings. The summed E-state index contributed by atoms with van der Waals surface area (Å²) in [4.78, 5) is 10.7. The van der Waals surface area contributed by atoms with Crippen LogP contribution in [0, 0.1) is 0 Å². The van der Waals surface area contributed by atoms with E-state index in [4.69, 9.17) is 5.73 Å². The lowest BCUT2D eigenvalue weighted by Crippen LogP contribution is -2.38. The molecule has 0 aliphatic heterocycles. The van der Waals surface area contributed by atoms with Crippen molar-refractivity contribution in [3.05, 3.63) is 23.5 Å². The van der Waals surface area contributed by atoms with Crippen LogP contribution in [0.15, 0.2) is 12.3 Å². The number of hydrogen-bond donors (Lipinski definition) is 1. The van der Waals surface area contributed by atoms with E-state index in [0.717, 1.165) is 18.5 Å². The quantitative estimate of drug-likeness (QED) is 0.787. The van der Waals surface area contributed by atoms with E-state index in [1.54, 1.807) is 6.07 Å². The third kappa shape index (κ3) is 1.60. The Morgan fingerprint density at radius 1 is 1.50 bits per heavy atom. The van der Waals surface area contributed by atoms with Gasteiger partial charge in [0.05, 0.1) is 5.54 Å². The van der Waals surface area contributed by atoms with Crippen LogP contribution >= 0.6 is 0 Å². The Bertz CT molecular complexity index is 324. The van der Waals surface area contributed by atoms with Gasteiger partial charge in [-0.2, -0.15) is 0 Å². The average molecular weight is 193 g/mol. The van der Waals surface area contributed by atoms with Crippen LogP contribution in [0.2, 0.25) is 0 Å². The molecule has 0 unspecified atom stereocenters. The second-order valence-corrected chi connectivity index (χ2v) is 3.65. The molecule has 1 aromatic heterocycles. The third-order valence-corrected chi connectivity index (χ3v) is 2.92. The molecular formula is C11H17N2O. The van der Waals surface area contributed by atoms with Gasteiger partial charge in [0.2, 0.25) is 6.29 Å². The molecule has 1 heterocycles. The van der Waals surface area contributed by atoms with Crippen LogP contribution in [-0.4, -0.2) is 10.9 Å². The molecule has 0 aliphatic carbocycles. The highest BCUT2D eigenvalue weighted by molar-refractivity contribution is 5.77. The first kappa shape index (κ1) is 11.0. The maximum atomic E-state index is 10.7. The molecule has 1 aromatic rings. The van der Waals surface area contributed by atoms with E-state index in [1.165, 1.54) is 0 Å². The van der Waals surface area contributed by atoms with Crippen molar-refractivity contribution in [2.45, 2.75) is 32.2 Å². The summed E-state index contributed by atoms with van der Waals surface area (Å²) in [6.07, 6.45) is 5.42. The van der Waals surface area contributed by atoms with Gasteiger partial charge in [-0.25, -0.2) is 0 Å². The summed E-state index contributed by atoms with van der Waals surface area (Å²) in [5, 5.41) is 0. The van der Waals surface area contributed by atoms with Gasteiger partial charge in [0.15, 0.2) is 0 Å². The van der Waals surface area contributed by atoms with Crippen LogP contribution < -0.4 is 5.73 Å². The van der Waals surface area contributed by atoms with Crippen LogP contribution in [0.25, 0.3) is 0 Å². The molecule has 2 N–H and O–H groups in total. The number of nitrogens with two attached hydrogens (primary N) is 1. The molecular weight excluding hydrogens is 176 g/mol. The Labute approximate surface area is 84.9 Å². The minimum Gasteiger partial charge on any atom is -0.352 e. The normalized spacial score (nSPS) is 11.7. The molecule has 3 heteroatoms. The van der Waals surface area contributed by atoms with Crippen molar-refractivity contribution in [2.75, 3.05) is 0 Å². The summed E-state index contributed by atoms with van der Waals surface area (Å²) >= 11 is 0. The van der Waals surface area contributed by atoms with E-state index in [0.29, 0.717) is 5.56 Å². The smallest absolute Gasteiger partial charge is 0.235 e. The highest BCUT2D eigenvalue weighted by Gasteiger charge is 2.28. The highest BCUT2D eigenvalue weighted by atomic mass is 16.1. The van der Waals surface area contributed by atoms with E-state index in [-0.39, 0.29) is 0 Å². The zero-order valence-corrected chi connectivity index (χ0v) is 9.00. The molecule has 1 rings (SSSR count). The Kier molecular flexibility index (Phi) is 3.11. The van der Waals surface area contributed by atoms with Crippen molar-refractivity contribution >= 4 is 6.29 Å². The molecule has 0 saturated heterocycles. The van der Waals surface area contributed by atoms with E-state index < -0.39 is 5.54 Å². The van der Waals surface area contributed by atoms with Crippen molar-refractivity contribution in [3.63, 3.8) is 0 Å². The summed E-state index contributed by atoms with van der Waals surface area (Å²) in [6.45, 7) is 4.07. The van der Waals surface area contributed by atoms with Gasteiger partial charge in [-0.15, -0.1) is 0 Å². The number of nitrogens with zero attached hydrogens (tertiary/aromatic N) is 1. The summed E-state index contributed by atoms with van der Waals surface area (Å²) in [5.41, 5.74) is 7.30. The minimum absolute atomic E-state index is 0.412. The monoisotopic (exact) mass is 193 g/mol. The van der Waals surface area contributed by atoms with E-state index in [1.807, 2.05) is 37.9 Å². The Morgan fingerprint density at radius 2 is 2.07 bits per heavy atom. The molecule has 1 radical (unpaired) electrons. The SMILES string of the molecule is CCC(N)(CC)c1c([C]=O)ccn1C. The summed E-state index contributed by atoms with van der Waals surface area (Å²) in [5.74, 6) is 0. The lowest BCUT2D eigenvalue weighted by molar-refractivity contribution is 0.388. The fourth-order valence-corrected chi connectivity index (χ4v) is 1.82. The van der Waals surface area contributed by atoms with Crippen molar-refractivity contribution < 1.29 is 4.79 Å². The number of hydrogen-bond acceptors (Lipinski definition) is 2. The zero-order chi connectivity index (χ0) is 10.8. The van der Waals surface area contributed by atoms with Gasteiger partial charge in [0.25, 0.3) is 0 Å². The summed E-state index contributed by atoms with van der Waals surface area (Å²) < 4.78 is 1.91. The van der Waals surface area contributed by atoms with Gasteiger partial charge in [-0.1, -0.05) is 13.8 Å². The van der Waals surface area contributed by atoms with Crippen molar-refractivity contribution in [1.82, 2.24) is 4.57 Å². The zero-order valence-electron chi connectivity index (χ0n) is 9.00. The van der Waals surface area contributed by atoms with Gasteiger partial charge >= 0.3 is 0 Å². The molecule has 3 nitrogen and oxygen atoms in total. The lowest BCUT2D eigenvalue weighted by atomic mass is 9.88. The maximum Gasteiger partial charge on any atom is 0.235 e. The predicted molar refractivity (Wildman–Crippen MR) is 56.7 cm³/mol. The van der Waals surface area contributed by atoms with Gasteiger partial charge in [-0.05, 0) is 18.9 Å². The first-order valence-electron chi connectivity index (χ1n) is 4.92. The highest BCUT2D eigenvalue weighted by Crippen LogP contribution is 2.28. The Balaban J connectivity index is 3.27. The largest absolute Gasteiger partial charge is 0.352 e. The van der Waals surface area contributed by atoms with Crippen molar-refractivity contribution in [3.8, 4) is 0 Å². The number of carbonyl (C=O) groups excluding carboxylic acids is 1. The van der Waals surface area contributed by atoms with Crippen LogP contribution in [-0.2, 0) is 17.4 Å². The van der Waals surface area contributed by atoms with Crippen molar-refractivity contribution in [2.24, 2.45) is 12.8 Å². The van der Waals surface area contributed by atoms with Crippen LogP contribution in [0.5, 0.6) is 0 Å².